The lowest BCUT2D eigenvalue weighted by molar-refractivity contribution is -0.135. The molecule has 2 N–H and O–H groups in total. The zero-order valence-electron chi connectivity index (χ0n) is 22.8. The monoisotopic (exact) mass is 512 g/mol. The number of hydrogen-bond acceptors (Lipinski definition) is 5. The first kappa shape index (κ1) is 26.4. The van der Waals surface area contributed by atoms with E-state index in [0.29, 0.717) is 39.0 Å². The van der Waals surface area contributed by atoms with Gasteiger partial charge in [0.2, 0.25) is 5.91 Å². The number of aliphatic hydroxyl groups is 2. The van der Waals surface area contributed by atoms with Crippen molar-refractivity contribution in [2.24, 2.45) is 0 Å². The van der Waals surface area contributed by atoms with E-state index in [1.807, 2.05) is 17.9 Å². The molecule has 2 saturated carbocycles. The number of β-amino-alcohol motifs (C(OH)–C–C–N with tert-alkyl or cyclic N) is 1. The average molecular weight is 513 g/mol. The van der Waals surface area contributed by atoms with E-state index < -0.39 is 11.2 Å². The second-order valence-corrected chi connectivity index (χ2v) is 12.7. The number of nitrogens with zero attached hydrogens (tertiary/aromatic N) is 4. The molecule has 8 heteroatoms. The number of hydrogen-bond donors (Lipinski definition) is 2. The van der Waals surface area contributed by atoms with Crippen molar-refractivity contribution in [3.63, 3.8) is 0 Å². The van der Waals surface area contributed by atoms with E-state index in [1.54, 1.807) is 9.80 Å². The van der Waals surface area contributed by atoms with Crippen LogP contribution in [0.15, 0.2) is 30.3 Å². The second kappa shape index (κ2) is 9.54. The minimum atomic E-state index is -0.809. The van der Waals surface area contributed by atoms with Gasteiger partial charge in [-0.3, -0.25) is 9.69 Å². The Morgan fingerprint density at radius 1 is 0.946 bits per heavy atom. The van der Waals surface area contributed by atoms with Crippen molar-refractivity contribution in [1.82, 2.24) is 19.6 Å². The Balaban J connectivity index is 1.35. The number of rotatable bonds is 6. The van der Waals surface area contributed by atoms with Crippen LogP contribution in [0.4, 0.5) is 4.79 Å². The van der Waals surface area contributed by atoms with Gasteiger partial charge in [-0.1, -0.05) is 30.3 Å². The molecule has 1 aromatic rings. The summed E-state index contributed by atoms with van der Waals surface area (Å²) in [7, 11) is 4.28. The van der Waals surface area contributed by atoms with E-state index in [0.717, 1.165) is 44.9 Å². The summed E-state index contributed by atoms with van der Waals surface area (Å²) in [5.41, 5.74) is -0.697. The zero-order valence-corrected chi connectivity index (χ0v) is 22.8. The van der Waals surface area contributed by atoms with Gasteiger partial charge in [-0.15, -0.1) is 0 Å². The van der Waals surface area contributed by atoms with Gasteiger partial charge in [0, 0.05) is 25.2 Å². The van der Waals surface area contributed by atoms with Gasteiger partial charge in [0.25, 0.3) is 0 Å². The molecule has 204 valence electrons. The Hall–Kier alpha value is -2.16. The zero-order chi connectivity index (χ0) is 26.5. The molecular weight excluding hydrogens is 468 g/mol. The van der Waals surface area contributed by atoms with Crippen LogP contribution < -0.4 is 0 Å². The standard InChI is InChI=1S/C29H44N4O4/c1-26(36)16-18-31(19-17-26)24(34)20-32-21-27(33(25(32)35)22-28(37)10-7-11-28)12-14-29(15-13-27,30(2)3)23-8-5-4-6-9-23/h4-6,8-9,36-37H,7,10-22H2,1-3H3/t27-,29-. The molecule has 2 heterocycles. The summed E-state index contributed by atoms with van der Waals surface area (Å²) in [6, 6.07) is 10.5. The molecule has 0 aromatic heterocycles. The number of likely N-dealkylation sites (tertiary alicyclic amines) is 1. The third kappa shape index (κ3) is 4.88. The normalized spacial score (nSPS) is 31.2. The first-order valence-electron chi connectivity index (χ1n) is 14.0. The third-order valence-electron chi connectivity index (χ3n) is 9.99. The van der Waals surface area contributed by atoms with Crippen LogP contribution in [-0.4, -0.2) is 105 Å². The maximum Gasteiger partial charge on any atom is 0.321 e. The van der Waals surface area contributed by atoms with E-state index in [9.17, 15) is 19.8 Å². The van der Waals surface area contributed by atoms with Crippen LogP contribution in [0.5, 0.6) is 0 Å². The molecular formula is C29H44N4O4. The predicted octanol–water partition coefficient (Wildman–Crippen LogP) is 2.78. The van der Waals surface area contributed by atoms with Crippen LogP contribution in [0.25, 0.3) is 0 Å². The van der Waals surface area contributed by atoms with Crippen molar-refractivity contribution in [2.75, 3.05) is 46.8 Å². The molecule has 1 aromatic carbocycles. The minimum absolute atomic E-state index is 0.0501. The number of urea groups is 1. The van der Waals surface area contributed by atoms with Gasteiger partial charge in [-0.05, 0) is 84.4 Å². The van der Waals surface area contributed by atoms with Crippen molar-refractivity contribution in [3.8, 4) is 0 Å². The second-order valence-electron chi connectivity index (χ2n) is 12.7. The highest BCUT2D eigenvalue weighted by molar-refractivity contribution is 5.86. The van der Waals surface area contributed by atoms with Crippen molar-refractivity contribution < 1.29 is 19.8 Å². The first-order valence-corrected chi connectivity index (χ1v) is 14.0. The summed E-state index contributed by atoms with van der Waals surface area (Å²) in [6.07, 6.45) is 7.05. The third-order valence-corrected chi connectivity index (χ3v) is 9.99. The fraction of sp³-hybridized carbons (Fsp3) is 0.724. The summed E-state index contributed by atoms with van der Waals surface area (Å²) < 4.78 is 0. The lowest BCUT2D eigenvalue weighted by atomic mass is 9.67. The minimum Gasteiger partial charge on any atom is -0.390 e. The SMILES string of the molecule is CN(C)[C@]1(c2ccccc2)CC[C@@]2(CC1)CN(CC(=O)N1CCC(C)(O)CC1)C(=O)N2CC1(O)CCC1. The van der Waals surface area contributed by atoms with Gasteiger partial charge >= 0.3 is 6.03 Å². The molecule has 37 heavy (non-hydrogen) atoms. The molecule has 5 rings (SSSR count). The van der Waals surface area contributed by atoms with Crippen LogP contribution >= 0.6 is 0 Å². The van der Waals surface area contributed by atoms with Crippen molar-refractivity contribution in [3.05, 3.63) is 35.9 Å². The van der Waals surface area contributed by atoms with Gasteiger partial charge < -0.3 is 24.9 Å². The quantitative estimate of drug-likeness (QED) is 0.612. The van der Waals surface area contributed by atoms with Gasteiger partial charge in [-0.25, -0.2) is 4.79 Å². The molecule has 0 unspecified atom stereocenters. The summed E-state index contributed by atoms with van der Waals surface area (Å²) in [5.74, 6) is -0.0501. The van der Waals surface area contributed by atoms with Gasteiger partial charge in [-0.2, -0.15) is 0 Å². The number of piperidine rings is 1. The Morgan fingerprint density at radius 2 is 1.57 bits per heavy atom. The van der Waals surface area contributed by atoms with Crippen LogP contribution in [0.2, 0.25) is 0 Å². The maximum absolute atomic E-state index is 13.8. The molecule has 4 aliphatic rings. The van der Waals surface area contributed by atoms with E-state index >= 15 is 0 Å². The Bertz CT molecular complexity index is 988. The highest BCUT2D eigenvalue weighted by Crippen LogP contribution is 2.50. The van der Waals surface area contributed by atoms with E-state index in [-0.39, 0.29) is 29.6 Å². The fourth-order valence-corrected chi connectivity index (χ4v) is 7.08. The Labute approximate surface area is 221 Å². The maximum atomic E-state index is 13.8. The number of carbonyl (C=O) groups is 2. The van der Waals surface area contributed by atoms with Crippen LogP contribution in [0.1, 0.15) is 70.3 Å². The van der Waals surface area contributed by atoms with Crippen molar-refractivity contribution >= 4 is 11.9 Å². The van der Waals surface area contributed by atoms with Crippen LogP contribution in [0.3, 0.4) is 0 Å². The smallest absolute Gasteiger partial charge is 0.321 e. The molecule has 2 saturated heterocycles. The lowest BCUT2D eigenvalue weighted by Gasteiger charge is -2.52. The number of benzene rings is 1. The van der Waals surface area contributed by atoms with E-state index in [2.05, 4.69) is 43.3 Å². The summed E-state index contributed by atoms with van der Waals surface area (Å²) in [6.45, 7) is 3.80. The summed E-state index contributed by atoms with van der Waals surface area (Å²) in [5, 5.41) is 21.3. The molecule has 0 bridgehead atoms. The molecule has 1 spiro atoms. The van der Waals surface area contributed by atoms with E-state index in [1.165, 1.54) is 5.56 Å². The van der Waals surface area contributed by atoms with E-state index in [4.69, 9.17) is 0 Å². The Morgan fingerprint density at radius 3 is 2.11 bits per heavy atom. The molecule has 0 atom stereocenters. The van der Waals surface area contributed by atoms with Gasteiger partial charge in [0.15, 0.2) is 0 Å². The number of carbonyl (C=O) groups excluding carboxylic acids is 2. The highest BCUT2D eigenvalue weighted by Gasteiger charge is 2.56. The molecule has 0 radical (unpaired) electrons. The largest absolute Gasteiger partial charge is 0.390 e. The fourth-order valence-electron chi connectivity index (χ4n) is 7.08. The van der Waals surface area contributed by atoms with Crippen molar-refractivity contribution in [1.29, 1.82) is 0 Å². The van der Waals surface area contributed by atoms with Gasteiger partial charge in [0.1, 0.15) is 6.54 Å². The number of amides is 3. The first-order chi connectivity index (χ1) is 17.5. The topological polar surface area (TPSA) is 87.6 Å². The molecule has 2 aliphatic carbocycles. The average Bonchev–Trinajstić information content (AvgIpc) is 3.09. The van der Waals surface area contributed by atoms with Crippen LogP contribution in [0, 0.1) is 0 Å². The van der Waals surface area contributed by atoms with Gasteiger partial charge in [0.05, 0.1) is 23.3 Å². The molecule has 4 fully saturated rings. The summed E-state index contributed by atoms with van der Waals surface area (Å²) in [4.78, 5) is 34.8. The molecule has 2 aliphatic heterocycles. The Kier molecular flexibility index (Phi) is 6.82. The highest BCUT2D eigenvalue weighted by atomic mass is 16.3. The molecule has 8 nitrogen and oxygen atoms in total. The lowest BCUT2D eigenvalue weighted by Crippen LogP contribution is -2.59. The summed E-state index contributed by atoms with van der Waals surface area (Å²) >= 11 is 0. The van der Waals surface area contributed by atoms with Crippen molar-refractivity contribution in [2.45, 2.75) is 87.0 Å². The van der Waals surface area contributed by atoms with Crippen LogP contribution in [-0.2, 0) is 10.3 Å². The molecule has 3 amide bonds. The predicted molar refractivity (Wildman–Crippen MR) is 142 cm³/mol.